The van der Waals surface area contributed by atoms with Crippen LogP contribution in [0.25, 0.3) is 0 Å². The summed E-state index contributed by atoms with van der Waals surface area (Å²) in [6.45, 7) is 1.01. The van der Waals surface area contributed by atoms with Crippen molar-refractivity contribution in [1.82, 2.24) is 19.4 Å². The number of nitrogens with zero attached hydrogens (tertiary/aromatic N) is 3. The van der Waals surface area contributed by atoms with Crippen molar-refractivity contribution in [2.75, 3.05) is 13.1 Å². The second-order valence-corrected chi connectivity index (χ2v) is 7.64. The first kappa shape index (κ1) is 16.7. The molecule has 0 bridgehead atoms. The fourth-order valence-corrected chi connectivity index (χ4v) is 4.09. The largest absolute Gasteiger partial charge is 0.337 e. The van der Waals surface area contributed by atoms with Crippen molar-refractivity contribution in [3.05, 3.63) is 48.3 Å². The number of carbonyl (C=O) groups excluding carboxylic acids is 1. The Morgan fingerprint density at radius 3 is 2.71 bits per heavy atom. The number of likely N-dealkylation sites (tertiary alicyclic amines) is 1. The number of amides is 1. The minimum atomic E-state index is -3.62. The summed E-state index contributed by atoms with van der Waals surface area (Å²) < 4.78 is 28.9. The van der Waals surface area contributed by atoms with Crippen LogP contribution in [0, 0.1) is 0 Å². The van der Waals surface area contributed by atoms with Gasteiger partial charge in [-0.15, -0.1) is 0 Å². The maximum Gasteiger partial charge on any atom is 0.253 e. The molecule has 8 heteroatoms. The third kappa shape index (κ3) is 3.65. The van der Waals surface area contributed by atoms with Crippen LogP contribution in [0.4, 0.5) is 0 Å². The van der Waals surface area contributed by atoms with Crippen LogP contribution in [0.1, 0.15) is 23.2 Å². The van der Waals surface area contributed by atoms with Gasteiger partial charge in [0, 0.05) is 37.9 Å². The van der Waals surface area contributed by atoms with E-state index in [-0.39, 0.29) is 16.8 Å². The molecule has 1 fully saturated rings. The maximum absolute atomic E-state index is 12.5. The second kappa shape index (κ2) is 6.74. The number of carbonyl (C=O) groups is 1. The van der Waals surface area contributed by atoms with E-state index in [0.717, 1.165) is 6.42 Å². The Morgan fingerprint density at radius 1 is 1.29 bits per heavy atom. The van der Waals surface area contributed by atoms with Gasteiger partial charge in [0.25, 0.3) is 5.91 Å². The average molecular weight is 348 g/mol. The molecule has 7 nitrogen and oxygen atoms in total. The predicted molar refractivity (Wildman–Crippen MR) is 88.9 cm³/mol. The Bertz CT molecular complexity index is 817. The van der Waals surface area contributed by atoms with E-state index in [9.17, 15) is 13.2 Å². The van der Waals surface area contributed by atoms with E-state index in [2.05, 4.69) is 9.82 Å². The lowest BCUT2D eigenvalue weighted by Gasteiger charge is -2.33. The van der Waals surface area contributed by atoms with Crippen molar-refractivity contribution in [3.8, 4) is 0 Å². The Hall–Kier alpha value is -2.19. The second-order valence-electron chi connectivity index (χ2n) is 5.93. The number of benzene rings is 1. The number of aromatic nitrogens is 2. The van der Waals surface area contributed by atoms with E-state index in [0.29, 0.717) is 25.1 Å². The molecule has 1 saturated heterocycles. The molecule has 1 N–H and O–H groups in total. The van der Waals surface area contributed by atoms with Crippen LogP contribution in [0.15, 0.2) is 47.6 Å². The normalized spacial score (nSPS) is 18.5. The highest BCUT2D eigenvalue weighted by molar-refractivity contribution is 7.89. The van der Waals surface area contributed by atoms with Crippen molar-refractivity contribution in [3.63, 3.8) is 0 Å². The van der Waals surface area contributed by atoms with Crippen molar-refractivity contribution in [2.45, 2.75) is 23.8 Å². The average Bonchev–Trinajstić information content (AvgIpc) is 3.02. The Balaban J connectivity index is 1.69. The number of hydrogen-bond donors (Lipinski definition) is 1. The molecular formula is C16H20N4O3S. The van der Waals surface area contributed by atoms with E-state index in [1.807, 2.05) is 18.2 Å². The van der Waals surface area contributed by atoms with Gasteiger partial charge in [-0.25, -0.2) is 13.1 Å². The monoisotopic (exact) mass is 348 g/mol. The van der Waals surface area contributed by atoms with Crippen LogP contribution >= 0.6 is 0 Å². The quantitative estimate of drug-likeness (QED) is 0.893. The number of piperidine rings is 1. The van der Waals surface area contributed by atoms with Gasteiger partial charge in [0.2, 0.25) is 10.0 Å². The highest BCUT2D eigenvalue weighted by Crippen LogP contribution is 2.16. The van der Waals surface area contributed by atoms with Gasteiger partial charge >= 0.3 is 0 Å². The third-order valence-electron chi connectivity index (χ3n) is 4.04. The van der Waals surface area contributed by atoms with E-state index in [1.54, 1.807) is 24.1 Å². The number of hydrogen-bond acceptors (Lipinski definition) is 4. The standard InChI is InChI=1S/C16H20N4O3S/c1-19-12-15(10-17-19)24(22,23)18-14-8-5-9-20(11-14)16(21)13-6-3-2-4-7-13/h2-4,6-7,10,12,14,18H,5,8-9,11H2,1H3/t14-/m1/s1. The van der Waals surface area contributed by atoms with E-state index in [1.165, 1.54) is 17.1 Å². The number of aryl methyl sites for hydroxylation is 1. The molecular weight excluding hydrogens is 328 g/mol. The van der Waals surface area contributed by atoms with Crippen LogP contribution in [-0.2, 0) is 17.1 Å². The van der Waals surface area contributed by atoms with Crippen LogP contribution < -0.4 is 4.72 Å². The Labute approximate surface area is 141 Å². The molecule has 1 aromatic carbocycles. The summed E-state index contributed by atoms with van der Waals surface area (Å²) in [5.41, 5.74) is 0.619. The predicted octanol–water partition coefficient (Wildman–Crippen LogP) is 1.00. The molecule has 0 aliphatic carbocycles. The van der Waals surface area contributed by atoms with Gasteiger partial charge in [-0.2, -0.15) is 5.10 Å². The zero-order valence-electron chi connectivity index (χ0n) is 13.4. The molecule has 1 aliphatic rings. The zero-order chi connectivity index (χ0) is 17.2. The van der Waals surface area contributed by atoms with Crippen molar-refractivity contribution in [2.24, 2.45) is 7.05 Å². The molecule has 0 saturated carbocycles. The zero-order valence-corrected chi connectivity index (χ0v) is 14.2. The van der Waals surface area contributed by atoms with Gasteiger partial charge in [-0.1, -0.05) is 18.2 Å². The van der Waals surface area contributed by atoms with Gasteiger partial charge < -0.3 is 4.90 Å². The molecule has 0 radical (unpaired) electrons. The molecule has 0 spiro atoms. The number of sulfonamides is 1. The van der Waals surface area contributed by atoms with E-state index in [4.69, 9.17) is 0 Å². The van der Waals surface area contributed by atoms with Crippen LogP contribution in [0.2, 0.25) is 0 Å². The smallest absolute Gasteiger partial charge is 0.253 e. The minimum Gasteiger partial charge on any atom is -0.337 e. The van der Waals surface area contributed by atoms with Gasteiger partial charge in [0.15, 0.2) is 0 Å². The fourth-order valence-electron chi connectivity index (χ4n) is 2.85. The van der Waals surface area contributed by atoms with Gasteiger partial charge in [-0.05, 0) is 25.0 Å². The number of nitrogens with one attached hydrogen (secondary N) is 1. The first-order valence-corrected chi connectivity index (χ1v) is 9.29. The molecule has 2 aromatic rings. The first-order valence-electron chi connectivity index (χ1n) is 7.81. The number of rotatable bonds is 4. The lowest BCUT2D eigenvalue weighted by atomic mass is 10.1. The summed E-state index contributed by atoms with van der Waals surface area (Å²) in [5, 5.41) is 3.89. The Morgan fingerprint density at radius 2 is 2.04 bits per heavy atom. The summed E-state index contributed by atoms with van der Waals surface area (Å²) in [7, 11) is -1.96. The molecule has 128 valence electrons. The van der Waals surface area contributed by atoms with Crippen LogP contribution in [0.3, 0.4) is 0 Å². The molecule has 1 aliphatic heterocycles. The summed E-state index contributed by atoms with van der Waals surface area (Å²) >= 11 is 0. The molecule has 1 aromatic heterocycles. The van der Waals surface area contributed by atoms with Crippen LogP contribution in [-0.4, -0.2) is 48.1 Å². The van der Waals surface area contributed by atoms with Gasteiger partial charge in [0.1, 0.15) is 4.90 Å². The topological polar surface area (TPSA) is 84.3 Å². The van der Waals surface area contributed by atoms with E-state index < -0.39 is 10.0 Å². The summed E-state index contributed by atoms with van der Waals surface area (Å²) in [6, 6.07) is 8.74. The lowest BCUT2D eigenvalue weighted by Crippen LogP contribution is -2.49. The lowest BCUT2D eigenvalue weighted by molar-refractivity contribution is 0.0703. The highest BCUT2D eigenvalue weighted by atomic mass is 32.2. The van der Waals surface area contributed by atoms with E-state index >= 15 is 0 Å². The summed E-state index contributed by atoms with van der Waals surface area (Å²) in [6.07, 6.45) is 4.24. The minimum absolute atomic E-state index is 0.0686. The molecule has 1 amide bonds. The van der Waals surface area contributed by atoms with Crippen molar-refractivity contribution < 1.29 is 13.2 Å². The maximum atomic E-state index is 12.5. The molecule has 1 atom stereocenters. The summed E-state index contributed by atoms with van der Waals surface area (Å²) in [4.78, 5) is 14.4. The summed E-state index contributed by atoms with van der Waals surface area (Å²) in [5.74, 6) is -0.0686. The molecule has 0 unspecified atom stereocenters. The fraction of sp³-hybridized carbons (Fsp3) is 0.375. The third-order valence-corrected chi connectivity index (χ3v) is 5.52. The molecule has 2 heterocycles. The van der Waals surface area contributed by atoms with Gasteiger partial charge in [0.05, 0.1) is 6.20 Å². The Kier molecular flexibility index (Phi) is 4.68. The molecule has 24 heavy (non-hydrogen) atoms. The SMILES string of the molecule is Cn1cc(S(=O)(=O)N[C@@H]2CCCN(C(=O)c3ccccc3)C2)cn1. The van der Waals surface area contributed by atoms with Crippen molar-refractivity contribution in [1.29, 1.82) is 0 Å². The van der Waals surface area contributed by atoms with Crippen molar-refractivity contribution >= 4 is 15.9 Å². The van der Waals surface area contributed by atoms with Gasteiger partial charge in [-0.3, -0.25) is 9.48 Å². The molecule has 3 rings (SSSR count). The highest BCUT2D eigenvalue weighted by Gasteiger charge is 2.28. The first-order chi connectivity index (χ1) is 11.5. The van der Waals surface area contributed by atoms with Crippen LogP contribution in [0.5, 0.6) is 0 Å².